The summed E-state index contributed by atoms with van der Waals surface area (Å²) in [6.07, 6.45) is 3.82. The summed E-state index contributed by atoms with van der Waals surface area (Å²) in [6, 6.07) is 6.32. The van der Waals surface area contributed by atoms with Crippen LogP contribution >= 0.6 is 11.7 Å². The molecule has 0 bridgehead atoms. The Morgan fingerprint density at radius 1 is 1.14 bits per heavy atom. The Labute approximate surface area is 164 Å². The number of nitrogens with zero attached hydrogens (tertiary/aromatic N) is 3. The number of benzene rings is 1. The molecular formula is C18H20FN7OS. The number of hydrogen-bond donors (Lipinski definition) is 4. The number of aromatic nitrogens is 3. The minimum Gasteiger partial charge on any atom is -0.365 e. The molecule has 1 aliphatic carbocycles. The fourth-order valence-corrected chi connectivity index (χ4v) is 3.90. The van der Waals surface area contributed by atoms with Gasteiger partial charge in [-0.3, -0.25) is 4.79 Å². The standard InChI is InChI=1S/C18H20FN7OS/c19-11-8-10(16(21)27)17(22-9-5-6-14-15(7-9)26-28-25-14)24-18(11)23-13-4-2-1-3-12(13)20/h5-8,12-13H,1-4,20H2,(H2,21,27)(H2,22,23,24). The van der Waals surface area contributed by atoms with Crippen molar-refractivity contribution in [1.82, 2.24) is 13.7 Å². The predicted octanol–water partition coefficient (Wildman–Crippen LogP) is 2.75. The molecule has 1 aromatic carbocycles. The summed E-state index contributed by atoms with van der Waals surface area (Å²) in [6.45, 7) is 0. The van der Waals surface area contributed by atoms with Crippen LogP contribution in [0.3, 0.4) is 0 Å². The van der Waals surface area contributed by atoms with Crippen molar-refractivity contribution in [2.45, 2.75) is 37.8 Å². The number of carbonyl (C=O) groups is 1. The number of pyridine rings is 1. The molecule has 1 fully saturated rings. The highest BCUT2D eigenvalue weighted by atomic mass is 32.1. The molecule has 146 valence electrons. The van der Waals surface area contributed by atoms with Gasteiger partial charge in [-0.15, -0.1) is 0 Å². The van der Waals surface area contributed by atoms with Crippen LogP contribution in [0.15, 0.2) is 24.3 Å². The van der Waals surface area contributed by atoms with Crippen molar-refractivity contribution >= 4 is 46.0 Å². The third-order valence-electron chi connectivity index (χ3n) is 4.90. The number of primary amides is 1. The fourth-order valence-electron chi connectivity index (χ4n) is 3.38. The van der Waals surface area contributed by atoms with Crippen LogP contribution in [0.2, 0.25) is 0 Å². The van der Waals surface area contributed by atoms with E-state index >= 15 is 0 Å². The van der Waals surface area contributed by atoms with Crippen LogP contribution in [0.1, 0.15) is 36.0 Å². The molecule has 28 heavy (non-hydrogen) atoms. The van der Waals surface area contributed by atoms with E-state index in [1.54, 1.807) is 18.2 Å². The molecule has 2 heterocycles. The van der Waals surface area contributed by atoms with Gasteiger partial charge in [0.25, 0.3) is 5.91 Å². The summed E-state index contributed by atoms with van der Waals surface area (Å²) in [4.78, 5) is 16.1. The lowest BCUT2D eigenvalue weighted by molar-refractivity contribution is 0.100. The average Bonchev–Trinajstić information content (AvgIpc) is 3.13. The first-order valence-electron chi connectivity index (χ1n) is 9.03. The minimum atomic E-state index is -0.772. The molecule has 0 aliphatic heterocycles. The highest BCUT2D eigenvalue weighted by molar-refractivity contribution is 7.00. The Kier molecular flexibility index (Phi) is 5.05. The Morgan fingerprint density at radius 2 is 1.93 bits per heavy atom. The summed E-state index contributed by atoms with van der Waals surface area (Å²) in [5, 5.41) is 6.13. The van der Waals surface area contributed by atoms with Crippen LogP contribution < -0.4 is 22.1 Å². The molecule has 4 rings (SSSR count). The molecule has 2 aromatic heterocycles. The third-order valence-corrected chi connectivity index (χ3v) is 5.46. The highest BCUT2D eigenvalue weighted by Crippen LogP contribution is 2.27. The van der Waals surface area contributed by atoms with E-state index in [9.17, 15) is 9.18 Å². The summed E-state index contributed by atoms with van der Waals surface area (Å²) in [5.41, 5.74) is 13.7. The Morgan fingerprint density at radius 3 is 2.71 bits per heavy atom. The molecule has 10 heteroatoms. The summed E-state index contributed by atoms with van der Waals surface area (Å²) in [7, 11) is 0. The molecule has 0 saturated heterocycles. The molecule has 3 aromatic rings. The maximum atomic E-state index is 14.6. The number of anilines is 3. The van der Waals surface area contributed by atoms with Crippen molar-refractivity contribution < 1.29 is 9.18 Å². The van der Waals surface area contributed by atoms with Crippen LogP contribution in [-0.2, 0) is 0 Å². The van der Waals surface area contributed by atoms with E-state index in [1.807, 2.05) is 0 Å². The van der Waals surface area contributed by atoms with Crippen LogP contribution in [0.5, 0.6) is 0 Å². The van der Waals surface area contributed by atoms with E-state index < -0.39 is 11.7 Å². The van der Waals surface area contributed by atoms with Crippen molar-refractivity contribution in [1.29, 1.82) is 0 Å². The van der Waals surface area contributed by atoms with Crippen molar-refractivity contribution in [3.05, 3.63) is 35.6 Å². The van der Waals surface area contributed by atoms with Crippen molar-refractivity contribution in [3.63, 3.8) is 0 Å². The van der Waals surface area contributed by atoms with Gasteiger partial charge >= 0.3 is 0 Å². The smallest absolute Gasteiger partial charge is 0.252 e. The van der Waals surface area contributed by atoms with E-state index in [0.29, 0.717) is 11.2 Å². The van der Waals surface area contributed by atoms with Gasteiger partial charge in [0.15, 0.2) is 11.6 Å². The van der Waals surface area contributed by atoms with Gasteiger partial charge in [0.1, 0.15) is 16.9 Å². The molecule has 1 aliphatic rings. The maximum absolute atomic E-state index is 14.6. The van der Waals surface area contributed by atoms with E-state index in [1.165, 1.54) is 0 Å². The number of nitrogens with one attached hydrogen (secondary N) is 2. The number of carbonyl (C=O) groups excluding carboxylic acids is 1. The molecule has 2 atom stereocenters. The second-order valence-corrected chi connectivity index (χ2v) is 7.40. The fraction of sp³-hybridized carbons (Fsp3) is 0.333. The van der Waals surface area contributed by atoms with Crippen LogP contribution in [0, 0.1) is 5.82 Å². The minimum absolute atomic E-state index is 0.0347. The zero-order valence-electron chi connectivity index (χ0n) is 15.0. The summed E-state index contributed by atoms with van der Waals surface area (Å²) >= 11 is 1.11. The molecule has 1 amide bonds. The topological polar surface area (TPSA) is 132 Å². The first-order valence-corrected chi connectivity index (χ1v) is 9.76. The first-order chi connectivity index (χ1) is 13.5. The van der Waals surface area contributed by atoms with E-state index in [2.05, 4.69) is 24.4 Å². The SMILES string of the molecule is NC(=O)c1cc(F)c(NC2CCCCC2N)nc1Nc1ccc2nsnc2c1. The average molecular weight is 401 g/mol. The second kappa shape index (κ2) is 7.64. The molecular weight excluding hydrogens is 381 g/mol. The van der Waals surface area contributed by atoms with Crippen molar-refractivity contribution in [2.24, 2.45) is 11.5 Å². The largest absolute Gasteiger partial charge is 0.365 e. The van der Waals surface area contributed by atoms with Crippen molar-refractivity contribution in [2.75, 3.05) is 10.6 Å². The number of rotatable bonds is 5. The van der Waals surface area contributed by atoms with Gasteiger partial charge < -0.3 is 22.1 Å². The number of hydrogen-bond acceptors (Lipinski definition) is 8. The third kappa shape index (κ3) is 3.73. The zero-order valence-corrected chi connectivity index (χ0v) is 15.8. The van der Waals surface area contributed by atoms with Gasteiger partial charge in [0, 0.05) is 17.8 Å². The molecule has 8 nitrogen and oxygen atoms in total. The normalized spacial score (nSPS) is 19.5. The monoisotopic (exact) mass is 401 g/mol. The Balaban J connectivity index is 1.66. The lowest BCUT2D eigenvalue weighted by atomic mass is 9.91. The maximum Gasteiger partial charge on any atom is 0.252 e. The van der Waals surface area contributed by atoms with Gasteiger partial charge in [0.2, 0.25) is 0 Å². The first kappa shape index (κ1) is 18.5. The second-order valence-electron chi connectivity index (χ2n) is 6.87. The van der Waals surface area contributed by atoms with Gasteiger partial charge in [-0.1, -0.05) is 12.8 Å². The number of fused-ring (bicyclic) bond motifs is 1. The molecule has 0 radical (unpaired) electrons. The van der Waals surface area contributed by atoms with Crippen LogP contribution in [-0.4, -0.2) is 31.7 Å². The molecule has 1 saturated carbocycles. The molecule has 2 unspecified atom stereocenters. The van der Waals surface area contributed by atoms with Crippen LogP contribution in [0.25, 0.3) is 11.0 Å². The number of amides is 1. The molecule has 0 spiro atoms. The Hall–Kier alpha value is -2.85. The lowest BCUT2D eigenvalue weighted by Crippen LogP contribution is -2.43. The van der Waals surface area contributed by atoms with E-state index in [4.69, 9.17) is 11.5 Å². The zero-order chi connectivity index (χ0) is 19.7. The van der Waals surface area contributed by atoms with Gasteiger partial charge in [-0.25, -0.2) is 9.37 Å². The predicted molar refractivity (Wildman–Crippen MR) is 107 cm³/mol. The highest BCUT2D eigenvalue weighted by Gasteiger charge is 2.24. The quantitative estimate of drug-likeness (QED) is 0.517. The number of nitrogens with two attached hydrogens (primary N) is 2. The van der Waals surface area contributed by atoms with Gasteiger partial charge in [-0.2, -0.15) is 8.75 Å². The van der Waals surface area contributed by atoms with Crippen LogP contribution in [0.4, 0.5) is 21.7 Å². The van der Waals surface area contributed by atoms with Gasteiger partial charge in [-0.05, 0) is 37.1 Å². The van der Waals surface area contributed by atoms with Gasteiger partial charge in [0.05, 0.1) is 17.3 Å². The molecule has 6 N–H and O–H groups in total. The summed E-state index contributed by atoms with van der Waals surface area (Å²) in [5.74, 6) is -1.20. The number of halogens is 1. The van der Waals surface area contributed by atoms with Crippen molar-refractivity contribution in [3.8, 4) is 0 Å². The summed E-state index contributed by atoms with van der Waals surface area (Å²) < 4.78 is 22.9. The van der Waals surface area contributed by atoms with E-state index in [0.717, 1.165) is 49.0 Å². The Bertz CT molecular complexity index is 1020. The van der Waals surface area contributed by atoms with E-state index in [-0.39, 0.29) is 29.3 Å². The lowest BCUT2D eigenvalue weighted by Gasteiger charge is -2.30.